The molecule has 1 aliphatic heterocycles. The fourth-order valence-corrected chi connectivity index (χ4v) is 3.07. The van der Waals surface area contributed by atoms with E-state index in [9.17, 15) is 0 Å². The maximum atomic E-state index is 5.56. The van der Waals surface area contributed by atoms with Gasteiger partial charge in [-0.15, -0.1) is 0 Å². The van der Waals surface area contributed by atoms with E-state index in [1.807, 2.05) is 24.3 Å². The zero-order chi connectivity index (χ0) is 16.9. The number of rotatable bonds is 4. The lowest BCUT2D eigenvalue weighted by molar-refractivity contribution is 0.152. The highest BCUT2D eigenvalue weighted by atomic mass is 16.5. The first kappa shape index (κ1) is 15.8. The van der Waals surface area contributed by atoms with Gasteiger partial charge in [-0.2, -0.15) is 4.98 Å². The van der Waals surface area contributed by atoms with Gasteiger partial charge in [0.15, 0.2) is 0 Å². The lowest BCUT2D eigenvalue weighted by Crippen LogP contribution is -2.28. The van der Waals surface area contributed by atoms with Crippen LogP contribution in [0.4, 0.5) is 11.8 Å². The van der Waals surface area contributed by atoms with E-state index in [0.717, 1.165) is 61.9 Å². The summed E-state index contributed by atoms with van der Waals surface area (Å²) in [6.45, 7) is 4.03. The number of anilines is 2. The second-order valence-corrected chi connectivity index (χ2v) is 6.18. The topological polar surface area (TPSA) is 50.3 Å². The molecular formula is C20H22N4O. The fraction of sp³-hybridized carbons (Fsp3) is 0.300. The van der Waals surface area contributed by atoms with Crippen LogP contribution in [0.1, 0.15) is 12.0 Å². The summed E-state index contributed by atoms with van der Waals surface area (Å²) in [6, 6.07) is 18.5. The summed E-state index contributed by atoms with van der Waals surface area (Å²) in [5, 5.41) is 4.54. The highest BCUT2D eigenvalue weighted by Gasteiger charge is 2.15. The first-order chi connectivity index (χ1) is 12.4. The Morgan fingerprint density at radius 2 is 1.76 bits per heavy atom. The summed E-state index contributed by atoms with van der Waals surface area (Å²) in [5.41, 5.74) is 2.20. The van der Waals surface area contributed by atoms with Gasteiger partial charge in [0.2, 0.25) is 5.95 Å². The van der Waals surface area contributed by atoms with Crippen molar-refractivity contribution in [2.75, 3.05) is 36.5 Å². The lowest BCUT2D eigenvalue weighted by Gasteiger charge is -2.21. The Hall–Kier alpha value is -2.66. The minimum Gasteiger partial charge on any atom is -0.380 e. The number of nitrogens with one attached hydrogen (secondary N) is 1. The predicted molar refractivity (Wildman–Crippen MR) is 101 cm³/mol. The molecule has 2 heterocycles. The van der Waals surface area contributed by atoms with E-state index in [2.05, 4.69) is 40.5 Å². The molecule has 1 saturated heterocycles. The fourth-order valence-electron chi connectivity index (χ4n) is 3.07. The van der Waals surface area contributed by atoms with Crippen LogP contribution < -0.4 is 10.2 Å². The zero-order valence-electron chi connectivity index (χ0n) is 14.2. The van der Waals surface area contributed by atoms with Gasteiger partial charge in [-0.3, -0.25) is 0 Å². The molecule has 4 rings (SSSR count). The second kappa shape index (κ2) is 7.49. The van der Waals surface area contributed by atoms with Crippen molar-refractivity contribution in [3.8, 4) is 0 Å². The largest absolute Gasteiger partial charge is 0.380 e. The van der Waals surface area contributed by atoms with Crippen LogP contribution in [0.5, 0.6) is 0 Å². The average Bonchev–Trinajstić information content (AvgIpc) is 2.96. The molecule has 25 heavy (non-hydrogen) atoms. The van der Waals surface area contributed by atoms with Crippen LogP contribution in [0.2, 0.25) is 0 Å². The van der Waals surface area contributed by atoms with E-state index in [1.54, 1.807) is 0 Å². The van der Waals surface area contributed by atoms with Gasteiger partial charge in [-0.05, 0) is 24.1 Å². The van der Waals surface area contributed by atoms with Crippen LogP contribution in [0, 0.1) is 0 Å². The number of fused-ring (bicyclic) bond motifs is 1. The first-order valence-corrected chi connectivity index (χ1v) is 8.77. The Morgan fingerprint density at radius 1 is 0.920 bits per heavy atom. The Balaban J connectivity index is 1.66. The maximum Gasteiger partial charge on any atom is 0.227 e. The van der Waals surface area contributed by atoms with Crippen molar-refractivity contribution in [1.82, 2.24) is 9.97 Å². The molecule has 5 nitrogen and oxygen atoms in total. The Kier molecular flexibility index (Phi) is 4.74. The van der Waals surface area contributed by atoms with Crippen LogP contribution in [0.15, 0.2) is 54.6 Å². The maximum absolute atomic E-state index is 5.56. The standard InChI is InChI=1S/C20H22N4O/c1-2-7-16(8-3-1)15-21-19-17-9-4-5-10-18(17)22-20(23-19)24-11-6-13-25-14-12-24/h1-5,7-10H,6,11-15H2,(H,21,22,23). The summed E-state index contributed by atoms with van der Waals surface area (Å²) >= 11 is 0. The smallest absolute Gasteiger partial charge is 0.227 e. The van der Waals surface area contributed by atoms with Gasteiger partial charge in [-0.25, -0.2) is 4.98 Å². The molecule has 1 fully saturated rings. The van der Waals surface area contributed by atoms with Gasteiger partial charge < -0.3 is 15.0 Å². The van der Waals surface area contributed by atoms with Gasteiger partial charge in [0.25, 0.3) is 0 Å². The Morgan fingerprint density at radius 3 is 2.68 bits per heavy atom. The molecular weight excluding hydrogens is 312 g/mol. The molecule has 0 aliphatic carbocycles. The van der Waals surface area contributed by atoms with Crippen molar-refractivity contribution < 1.29 is 4.74 Å². The summed E-state index contributed by atoms with van der Waals surface area (Å²) < 4.78 is 5.56. The molecule has 128 valence electrons. The van der Waals surface area contributed by atoms with E-state index in [0.29, 0.717) is 0 Å². The van der Waals surface area contributed by atoms with Crippen molar-refractivity contribution in [3.05, 3.63) is 60.2 Å². The number of hydrogen-bond donors (Lipinski definition) is 1. The molecule has 1 aliphatic rings. The molecule has 0 unspecified atom stereocenters. The molecule has 0 radical (unpaired) electrons. The molecule has 0 bridgehead atoms. The third-order valence-electron chi connectivity index (χ3n) is 4.40. The zero-order valence-corrected chi connectivity index (χ0v) is 14.2. The van der Waals surface area contributed by atoms with Crippen LogP contribution in [-0.4, -0.2) is 36.3 Å². The molecule has 2 aromatic carbocycles. The summed E-state index contributed by atoms with van der Waals surface area (Å²) in [6.07, 6.45) is 1.00. The minimum atomic E-state index is 0.725. The number of ether oxygens (including phenoxy) is 1. The molecule has 1 N–H and O–H groups in total. The minimum absolute atomic E-state index is 0.725. The van der Waals surface area contributed by atoms with E-state index in [4.69, 9.17) is 14.7 Å². The predicted octanol–water partition coefficient (Wildman–Crippen LogP) is 3.47. The van der Waals surface area contributed by atoms with E-state index >= 15 is 0 Å². The molecule has 5 heteroatoms. The third-order valence-corrected chi connectivity index (χ3v) is 4.40. The number of aromatic nitrogens is 2. The van der Waals surface area contributed by atoms with Gasteiger partial charge in [0.05, 0.1) is 12.1 Å². The summed E-state index contributed by atoms with van der Waals surface area (Å²) in [5.74, 6) is 1.66. The van der Waals surface area contributed by atoms with Crippen molar-refractivity contribution in [1.29, 1.82) is 0 Å². The molecule has 0 saturated carbocycles. The van der Waals surface area contributed by atoms with Gasteiger partial charge in [0.1, 0.15) is 5.82 Å². The van der Waals surface area contributed by atoms with Gasteiger partial charge in [-0.1, -0.05) is 42.5 Å². The summed E-state index contributed by atoms with van der Waals surface area (Å²) in [4.78, 5) is 11.8. The Labute approximate surface area is 147 Å². The van der Waals surface area contributed by atoms with E-state index < -0.39 is 0 Å². The molecule has 0 amide bonds. The average molecular weight is 334 g/mol. The quantitative estimate of drug-likeness (QED) is 0.792. The summed E-state index contributed by atoms with van der Waals surface area (Å²) in [7, 11) is 0. The van der Waals surface area contributed by atoms with Crippen molar-refractivity contribution in [3.63, 3.8) is 0 Å². The normalized spacial score (nSPS) is 15.1. The van der Waals surface area contributed by atoms with Crippen molar-refractivity contribution in [2.24, 2.45) is 0 Å². The SMILES string of the molecule is c1ccc(CNc2nc(N3CCCOCC3)nc3ccccc23)cc1. The molecule has 0 atom stereocenters. The number of para-hydroxylation sites is 1. The number of benzene rings is 2. The molecule has 3 aromatic rings. The van der Waals surface area contributed by atoms with Gasteiger partial charge >= 0.3 is 0 Å². The number of hydrogen-bond acceptors (Lipinski definition) is 5. The van der Waals surface area contributed by atoms with Crippen molar-refractivity contribution in [2.45, 2.75) is 13.0 Å². The lowest BCUT2D eigenvalue weighted by atomic mass is 10.2. The third kappa shape index (κ3) is 3.72. The van der Waals surface area contributed by atoms with Crippen molar-refractivity contribution >= 4 is 22.7 Å². The highest BCUT2D eigenvalue weighted by molar-refractivity contribution is 5.90. The van der Waals surface area contributed by atoms with Gasteiger partial charge in [0, 0.05) is 31.6 Å². The molecule has 1 aromatic heterocycles. The van der Waals surface area contributed by atoms with Crippen LogP contribution in [-0.2, 0) is 11.3 Å². The monoisotopic (exact) mass is 334 g/mol. The van der Waals surface area contributed by atoms with E-state index in [-0.39, 0.29) is 0 Å². The van der Waals surface area contributed by atoms with Crippen LogP contribution >= 0.6 is 0 Å². The number of nitrogens with zero attached hydrogens (tertiary/aromatic N) is 3. The van der Waals surface area contributed by atoms with Crippen LogP contribution in [0.3, 0.4) is 0 Å². The molecule has 0 spiro atoms. The highest BCUT2D eigenvalue weighted by Crippen LogP contribution is 2.24. The Bertz CT molecular complexity index is 829. The van der Waals surface area contributed by atoms with Crippen LogP contribution in [0.25, 0.3) is 10.9 Å². The van der Waals surface area contributed by atoms with E-state index in [1.165, 1.54) is 5.56 Å². The first-order valence-electron chi connectivity index (χ1n) is 8.77. The second-order valence-electron chi connectivity index (χ2n) is 6.18.